The second kappa shape index (κ2) is 4.15. The van der Waals surface area contributed by atoms with Crippen LogP contribution in [0.3, 0.4) is 0 Å². The van der Waals surface area contributed by atoms with Crippen LogP contribution >= 0.6 is 0 Å². The van der Waals surface area contributed by atoms with Crippen molar-refractivity contribution in [2.45, 2.75) is 31.1 Å². The van der Waals surface area contributed by atoms with Gasteiger partial charge in [-0.3, -0.25) is 4.99 Å². The Balaban J connectivity index is 2.69. The van der Waals surface area contributed by atoms with Crippen LogP contribution in [0.5, 0.6) is 0 Å². The summed E-state index contributed by atoms with van der Waals surface area (Å²) >= 11 is 0. The van der Waals surface area contributed by atoms with E-state index in [4.69, 9.17) is 11.5 Å². The molecule has 20 heavy (non-hydrogen) atoms. The zero-order valence-electron chi connectivity index (χ0n) is 11.5. The lowest BCUT2D eigenvalue weighted by atomic mass is 9.98. The van der Waals surface area contributed by atoms with Crippen molar-refractivity contribution >= 4 is 21.5 Å². The van der Waals surface area contributed by atoms with E-state index in [1.807, 2.05) is 0 Å². The van der Waals surface area contributed by atoms with Gasteiger partial charge in [0.15, 0.2) is 9.84 Å². The van der Waals surface area contributed by atoms with Crippen molar-refractivity contribution in [1.29, 1.82) is 0 Å². The van der Waals surface area contributed by atoms with Crippen molar-refractivity contribution in [2.24, 2.45) is 10.7 Å². The molecular weight excluding hydrogens is 283 g/mol. The lowest BCUT2D eigenvalue weighted by Gasteiger charge is -2.37. The van der Waals surface area contributed by atoms with Crippen LogP contribution in [0.1, 0.15) is 26.5 Å². The van der Waals surface area contributed by atoms with E-state index >= 15 is 0 Å². The van der Waals surface area contributed by atoms with E-state index in [9.17, 15) is 12.8 Å². The number of rotatable bonds is 1. The van der Waals surface area contributed by atoms with E-state index in [2.05, 4.69) is 9.98 Å². The molecule has 1 aromatic heterocycles. The summed E-state index contributed by atoms with van der Waals surface area (Å²) in [5.41, 5.74) is 9.83. The second-order valence-corrected chi connectivity index (χ2v) is 8.15. The van der Waals surface area contributed by atoms with Gasteiger partial charge < -0.3 is 11.5 Å². The fraction of sp³-hybridized carbons (Fsp3) is 0.500. The molecule has 0 aromatic carbocycles. The molecule has 1 aromatic rings. The van der Waals surface area contributed by atoms with Crippen molar-refractivity contribution in [3.05, 3.63) is 23.6 Å². The molecule has 4 N–H and O–H groups in total. The number of hydrogen-bond donors (Lipinski definition) is 2. The molecule has 1 aliphatic heterocycles. The molecular formula is C12H17FN4O2S. The van der Waals surface area contributed by atoms with Crippen LogP contribution in [0.25, 0.3) is 0 Å². The predicted octanol–water partition coefficient (Wildman–Crippen LogP) is 0.582. The van der Waals surface area contributed by atoms with Gasteiger partial charge in [-0.1, -0.05) is 0 Å². The molecule has 2 rings (SSSR count). The number of sulfone groups is 1. The maximum absolute atomic E-state index is 13.9. The number of aliphatic imine (C=N–C) groups is 1. The standard InChI is InChI=1S/C12H17FN4O2S/c1-11(2)10(15)17-12(3,6-20(11,18)19)9-7(13)4-5-8(14)16-9/h4-5H,6H2,1-3H3,(H2,14,16)(H2,15,17)/t12-/m1/s1. The molecule has 8 heteroatoms. The Morgan fingerprint density at radius 2 is 1.85 bits per heavy atom. The van der Waals surface area contributed by atoms with E-state index in [0.29, 0.717) is 0 Å². The molecule has 6 nitrogen and oxygen atoms in total. The quantitative estimate of drug-likeness (QED) is 0.788. The largest absolute Gasteiger partial charge is 0.386 e. The maximum atomic E-state index is 13.9. The third-order valence-corrected chi connectivity index (χ3v) is 6.32. The SMILES string of the molecule is CC1(C)C(N)=N[C@@](C)(c2nc(N)ccc2F)CS1(=O)=O. The number of amidine groups is 1. The molecule has 0 fully saturated rings. The number of nitrogens with zero attached hydrogens (tertiary/aromatic N) is 2. The first-order valence-electron chi connectivity index (χ1n) is 6.00. The normalized spacial score (nSPS) is 27.9. The van der Waals surface area contributed by atoms with Crippen LogP contribution < -0.4 is 11.5 Å². The van der Waals surface area contributed by atoms with E-state index < -0.39 is 25.9 Å². The Labute approximate surface area is 117 Å². The molecule has 0 bridgehead atoms. The van der Waals surface area contributed by atoms with Gasteiger partial charge in [-0.05, 0) is 32.9 Å². The molecule has 0 aliphatic carbocycles. The van der Waals surface area contributed by atoms with E-state index in [1.165, 1.54) is 26.8 Å². The highest BCUT2D eigenvalue weighted by atomic mass is 32.2. The minimum atomic E-state index is -3.60. The summed E-state index contributed by atoms with van der Waals surface area (Å²) in [5.74, 6) is -0.997. The number of halogens is 1. The minimum Gasteiger partial charge on any atom is -0.386 e. The van der Waals surface area contributed by atoms with Gasteiger partial charge in [0.1, 0.15) is 33.5 Å². The average Bonchev–Trinajstić information content (AvgIpc) is 2.29. The lowest BCUT2D eigenvalue weighted by molar-refractivity contribution is 0.462. The van der Waals surface area contributed by atoms with Crippen LogP contribution in [0.15, 0.2) is 17.1 Å². The molecule has 2 heterocycles. The molecule has 0 saturated carbocycles. The van der Waals surface area contributed by atoms with Gasteiger partial charge in [0.2, 0.25) is 0 Å². The highest BCUT2D eigenvalue weighted by Crippen LogP contribution is 2.36. The first kappa shape index (κ1) is 14.7. The summed E-state index contributed by atoms with van der Waals surface area (Å²) < 4.78 is 37.4. The molecule has 0 amide bonds. The maximum Gasteiger partial charge on any atom is 0.165 e. The number of aromatic nitrogens is 1. The second-order valence-electron chi connectivity index (χ2n) is 5.61. The highest BCUT2D eigenvalue weighted by molar-refractivity contribution is 7.93. The van der Waals surface area contributed by atoms with Gasteiger partial charge in [-0.25, -0.2) is 17.8 Å². The zero-order chi connectivity index (χ0) is 15.3. The molecule has 1 aliphatic rings. The molecule has 0 spiro atoms. The molecule has 0 saturated heterocycles. The molecule has 0 radical (unpaired) electrons. The summed E-state index contributed by atoms with van der Waals surface area (Å²) in [7, 11) is -3.60. The van der Waals surface area contributed by atoms with Crippen molar-refractivity contribution in [2.75, 3.05) is 11.5 Å². The summed E-state index contributed by atoms with van der Waals surface area (Å²) in [6.07, 6.45) is 0. The van der Waals surface area contributed by atoms with E-state index in [0.717, 1.165) is 6.07 Å². The number of anilines is 1. The van der Waals surface area contributed by atoms with E-state index in [1.54, 1.807) is 0 Å². The topological polar surface area (TPSA) is 111 Å². The van der Waals surface area contributed by atoms with Crippen LogP contribution in [0.4, 0.5) is 10.2 Å². The summed E-state index contributed by atoms with van der Waals surface area (Å²) in [4.78, 5) is 8.08. The fourth-order valence-corrected chi connectivity index (χ4v) is 3.77. The first-order valence-corrected chi connectivity index (χ1v) is 7.65. The Morgan fingerprint density at radius 1 is 1.25 bits per heavy atom. The summed E-state index contributed by atoms with van der Waals surface area (Å²) in [6, 6.07) is 2.44. The van der Waals surface area contributed by atoms with Crippen molar-refractivity contribution in [3.63, 3.8) is 0 Å². The fourth-order valence-electron chi connectivity index (χ4n) is 2.10. The van der Waals surface area contributed by atoms with Crippen molar-refractivity contribution in [3.8, 4) is 0 Å². The number of nitrogen functional groups attached to an aromatic ring is 1. The molecule has 1 atom stereocenters. The first-order chi connectivity index (χ1) is 8.99. The van der Waals surface area contributed by atoms with Crippen molar-refractivity contribution in [1.82, 2.24) is 4.98 Å². The summed E-state index contributed by atoms with van der Waals surface area (Å²) in [5, 5.41) is 0. The number of hydrogen-bond acceptors (Lipinski definition) is 6. The van der Waals surface area contributed by atoms with Crippen LogP contribution in [0, 0.1) is 5.82 Å². The third kappa shape index (κ3) is 2.04. The number of pyridine rings is 1. The smallest absolute Gasteiger partial charge is 0.165 e. The van der Waals surface area contributed by atoms with Gasteiger partial charge in [0, 0.05) is 0 Å². The third-order valence-electron chi connectivity index (χ3n) is 3.61. The zero-order valence-corrected chi connectivity index (χ0v) is 12.3. The predicted molar refractivity (Wildman–Crippen MR) is 75.4 cm³/mol. The van der Waals surface area contributed by atoms with Crippen LogP contribution in [0.2, 0.25) is 0 Å². The lowest BCUT2D eigenvalue weighted by Crippen LogP contribution is -2.55. The highest BCUT2D eigenvalue weighted by Gasteiger charge is 2.50. The Kier molecular flexibility index (Phi) is 3.05. The van der Waals surface area contributed by atoms with Gasteiger partial charge in [-0.15, -0.1) is 0 Å². The van der Waals surface area contributed by atoms with Crippen LogP contribution in [-0.4, -0.2) is 29.7 Å². The Bertz CT molecular complexity index is 699. The monoisotopic (exact) mass is 300 g/mol. The van der Waals surface area contributed by atoms with Gasteiger partial charge in [0.25, 0.3) is 0 Å². The van der Waals surface area contributed by atoms with Crippen LogP contribution in [-0.2, 0) is 15.4 Å². The van der Waals surface area contributed by atoms with E-state index in [-0.39, 0.29) is 23.1 Å². The van der Waals surface area contributed by atoms with Gasteiger partial charge >= 0.3 is 0 Å². The number of nitrogens with two attached hydrogens (primary N) is 2. The molecule has 0 unspecified atom stereocenters. The minimum absolute atomic E-state index is 0.0603. The van der Waals surface area contributed by atoms with Gasteiger partial charge in [-0.2, -0.15) is 0 Å². The molecule has 110 valence electrons. The van der Waals surface area contributed by atoms with Gasteiger partial charge in [0.05, 0.1) is 5.75 Å². The Hall–Kier alpha value is -1.70. The Morgan fingerprint density at radius 3 is 2.40 bits per heavy atom. The van der Waals surface area contributed by atoms with Crippen molar-refractivity contribution < 1.29 is 12.8 Å². The summed E-state index contributed by atoms with van der Waals surface area (Å²) in [6.45, 7) is 4.44. The average molecular weight is 300 g/mol.